The van der Waals surface area contributed by atoms with Crippen molar-refractivity contribution < 1.29 is 13.6 Å². The van der Waals surface area contributed by atoms with E-state index < -0.39 is 9.28 Å². The largest absolute Gasteiger partial charge is 0.497 e. The average molecular weight is 148 g/mol. The Morgan fingerprint density at radius 1 is 1.67 bits per heavy atom. The molecule has 0 aromatic rings. The first-order valence-corrected chi connectivity index (χ1v) is 5.05. The van der Waals surface area contributed by atoms with Crippen LogP contribution in [0.1, 0.15) is 13.8 Å². The van der Waals surface area contributed by atoms with E-state index in [4.69, 9.17) is 8.85 Å². The third-order valence-electron chi connectivity index (χ3n) is 0.733. The molecule has 0 radical (unpaired) electrons. The first kappa shape index (κ1) is 8.65. The molecule has 0 rings (SSSR count). The maximum Gasteiger partial charge on any atom is 0.382 e. The molecular weight excluding hydrogens is 136 g/mol. The highest BCUT2D eigenvalue weighted by Gasteiger charge is 2.06. The van der Waals surface area contributed by atoms with E-state index >= 15 is 0 Å². The summed E-state index contributed by atoms with van der Waals surface area (Å²) in [6, 6.07) is 0. The second-order valence-corrected chi connectivity index (χ2v) is 3.34. The smallest absolute Gasteiger partial charge is 0.382 e. The molecule has 0 saturated carbocycles. The van der Waals surface area contributed by atoms with Crippen molar-refractivity contribution in [2.75, 3.05) is 6.61 Å². The second kappa shape index (κ2) is 4.52. The summed E-state index contributed by atoms with van der Waals surface area (Å²) in [6.45, 7) is 5.72. The lowest BCUT2D eigenvalue weighted by Crippen LogP contribution is -2.20. The van der Waals surface area contributed by atoms with Crippen molar-refractivity contribution in [1.29, 1.82) is 0 Å². The molecular formula is C5H12O3Si. The highest BCUT2D eigenvalue weighted by molar-refractivity contribution is 6.44. The number of rotatable bonds is 3. The predicted octanol–water partition coefficient (Wildman–Crippen LogP) is 0.436. The molecule has 0 aromatic heterocycles. The zero-order valence-corrected chi connectivity index (χ0v) is 7.16. The topological polar surface area (TPSA) is 35.5 Å². The van der Waals surface area contributed by atoms with Crippen molar-refractivity contribution in [3.05, 3.63) is 0 Å². The lowest BCUT2D eigenvalue weighted by atomic mass is 10.9. The molecule has 0 spiro atoms. The predicted molar refractivity (Wildman–Crippen MR) is 36.4 cm³/mol. The molecule has 0 amide bonds. The van der Waals surface area contributed by atoms with E-state index in [1.165, 1.54) is 6.92 Å². The van der Waals surface area contributed by atoms with E-state index in [0.29, 0.717) is 6.61 Å². The van der Waals surface area contributed by atoms with Crippen LogP contribution in [0.4, 0.5) is 0 Å². The molecule has 0 bridgehead atoms. The lowest BCUT2D eigenvalue weighted by molar-refractivity contribution is -0.133. The molecule has 0 heterocycles. The lowest BCUT2D eigenvalue weighted by Gasteiger charge is -2.08. The van der Waals surface area contributed by atoms with Crippen LogP contribution in [0, 0.1) is 0 Å². The summed E-state index contributed by atoms with van der Waals surface area (Å²) in [5.74, 6) is -0.248. The van der Waals surface area contributed by atoms with Gasteiger partial charge in [0, 0.05) is 13.5 Å². The molecule has 0 aromatic carbocycles. The van der Waals surface area contributed by atoms with E-state index in [0.717, 1.165) is 0 Å². The Balaban J connectivity index is 3.26. The van der Waals surface area contributed by atoms with Gasteiger partial charge in [0.25, 0.3) is 5.97 Å². The molecule has 0 aliphatic rings. The van der Waals surface area contributed by atoms with Gasteiger partial charge in [-0.05, 0) is 13.5 Å². The third-order valence-corrected chi connectivity index (χ3v) is 2.20. The normalized spacial score (nSPS) is 12.8. The number of hydrogen-bond donors (Lipinski definition) is 0. The highest BCUT2D eigenvalue weighted by atomic mass is 28.3. The van der Waals surface area contributed by atoms with Crippen LogP contribution < -0.4 is 0 Å². The molecule has 0 aliphatic heterocycles. The Hall–Kier alpha value is -0.353. The van der Waals surface area contributed by atoms with Gasteiger partial charge in [-0.15, -0.1) is 0 Å². The molecule has 4 heteroatoms. The zero-order valence-electron chi connectivity index (χ0n) is 6.01. The Bertz CT molecular complexity index is 94.2. The Morgan fingerprint density at radius 2 is 2.22 bits per heavy atom. The fourth-order valence-electron chi connectivity index (χ4n) is 0.502. The van der Waals surface area contributed by atoms with Crippen LogP contribution in [0.5, 0.6) is 0 Å². The Morgan fingerprint density at radius 3 is 2.56 bits per heavy atom. The summed E-state index contributed by atoms with van der Waals surface area (Å²) in [4.78, 5) is 10.3. The maximum atomic E-state index is 10.3. The quantitative estimate of drug-likeness (QED) is 0.545. The van der Waals surface area contributed by atoms with Gasteiger partial charge >= 0.3 is 9.28 Å². The van der Waals surface area contributed by atoms with E-state index in [1.54, 1.807) is 0 Å². The monoisotopic (exact) mass is 148 g/mol. The minimum atomic E-state index is -1.61. The third kappa shape index (κ3) is 5.52. The van der Waals surface area contributed by atoms with Crippen LogP contribution >= 0.6 is 0 Å². The van der Waals surface area contributed by atoms with Crippen molar-refractivity contribution in [3.63, 3.8) is 0 Å². The fraction of sp³-hybridized carbons (Fsp3) is 0.800. The molecule has 9 heavy (non-hydrogen) atoms. The first-order valence-electron chi connectivity index (χ1n) is 2.95. The second-order valence-electron chi connectivity index (χ2n) is 1.63. The van der Waals surface area contributed by atoms with Gasteiger partial charge < -0.3 is 8.85 Å². The molecule has 3 nitrogen and oxygen atoms in total. The van der Waals surface area contributed by atoms with Gasteiger partial charge in [-0.2, -0.15) is 0 Å². The summed E-state index contributed by atoms with van der Waals surface area (Å²) >= 11 is 0. The standard InChI is InChI=1S/C5H12O3Si/c1-4-7-9(3)8-5(2)6/h9H,4H2,1-3H3. The average Bonchev–Trinajstić information content (AvgIpc) is 1.63. The SMILES string of the molecule is CCO[SiH](C)OC(C)=O. The Labute approximate surface area is 56.8 Å². The van der Waals surface area contributed by atoms with Crippen molar-refractivity contribution in [3.8, 4) is 0 Å². The number of carbonyl (C=O) groups excluding carboxylic acids is 1. The van der Waals surface area contributed by atoms with Gasteiger partial charge in [0.05, 0.1) is 0 Å². The number of carbonyl (C=O) groups is 1. The minimum absolute atomic E-state index is 0.248. The summed E-state index contributed by atoms with van der Waals surface area (Å²) in [7, 11) is -1.61. The first-order chi connectivity index (χ1) is 4.16. The Kier molecular flexibility index (Phi) is 4.34. The van der Waals surface area contributed by atoms with Gasteiger partial charge in [0.15, 0.2) is 0 Å². The zero-order chi connectivity index (χ0) is 7.28. The van der Waals surface area contributed by atoms with E-state index in [2.05, 4.69) is 0 Å². The molecule has 0 N–H and O–H groups in total. The number of hydrogen-bond acceptors (Lipinski definition) is 3. The van der Waals surface area contributed by atoms with Crippen LogP contribution in [0.2, 0.25) is 6.55 Å². The van der Waals surface area contributed by atoms with Crippen molar-refractivity contribution >= 4 is 15.3 Å². The molecule has 0 aliphatic carbocycles. The van der Waals surface area contributed by atoms with Crippen molar-refractivity contribution in [2.45, 2.75) is 20.4 Å². The van der Waals surface area contributed by atoms with Crippen molar-refractivity contribution in [2.24, 2.45) is 0 Å². The van der Waals surface area contributed by atoms with Crippen LogP contribution in [0.3, 0.4) is 0 Å². The van der Waals surface area contributed by atoms with Crippen LogP contribution in [0.15, 0.2) is 0 Å². The molecule has 0 fully saturated rings. The van der Waals surface area contributed by atoms with E-state index in [-0.39, 0.29) is 5.97 Å². The van der Waals surface area contributed by atoms with Gasteiger partial charge in [0.2, 0.25) is 0 Å². The van der Waals surface area contributed by atoms with Crippen LogP contribution in [-0.4, -0.2) is 21.9 Å². The molecule has 54 valence electrons. The fourth-order valence-corrected chi connectivity index (χ4v) is 1.51. The molecule has 1 atom stereocenters. The van der Waals surface area contributed by atoms with E-state index in [1.807, 2.05) is 13.5 Å². The van der Waals surface area contributed by atoms with Gasteiger partial charge in [0.1, 0.15) is 0 Å². The summed E-state index contributed by atoms with van der Waals surface area (Å²) in [5, 5.41) is 0. The van der Waals surface area contributed by atoms with Gasteiger partial charge in [-0.3, -0.25) is 4.79 Å². The van der Waals surface area contributed by atoms with Crippen LogP contribution in [-0.2, 0) is 13.6 Å². The molecule has 1 unspecified atom stereocenters. The minimum Gasteiger partial charge on any atom is -0.497 e. The van der Waals surface area contributed by atoms with Gasteiger partial charge in [-0.25, -0.2) is 0 Å². The highest BCUT2D eigenvalue weighted by Crippen LogP contribution is 1.87. The summed E-state index contributed by atoms with van der Waals surface area (Å²) < 4.78 is 9.82. The van der Waals surface area contributed by atoms with Crippen LogP contribution in [0.25, 0.3) is 0 Å². The summed E-state index contributed by atoms with van der Waals surface area (Å²) in [6.07, 6.45) is 0. The van der Waals surface area contributed by atoms with Gasteiger partial charge in [-0.1, -0.05) is 0 Å². The molecule has 0 saturated heterocycles. The maximum absolute atomic E-state index is 10.3. The van der Waals surface area contributed by atoms with E-state index in [9.17, 15) is 4.79 Å². The summed E-state index contributed by atoms with van der Waals surface area (Å²) in [5.41, 5.74) is 0. The van der Waals surface area contributed by atoms with Crippen molar-refractivity contribution in [1.82, 2.24) is 0 Å².